The number of aromatic nitrogens is 1. The molecule has 3 nitrogen and oxygen atoms in total. The molecule has 1 heterocycles. The number of rotatable bonds is 6. The predicted molar refractivity (Wildman–Crippen MR) is 92.5 cm³/mol. The first-order valence-electron chi connectivity index (χ1n) is 8.04. The maximum atomic E-state index is 12.9. The Bertz CT molecular complexity index is 653. The maximum absolute atomic E-state index is 12.9. The van der Waals surface area contributed by atoms with Gasteiger partial charge in [-0.1, -0.05) is 23.7 Å². The lowest BCUT2D eigenvalue weighted by molar-refractivity contribution is -0.132. The third kappa shape index (κ3) is 4.11. The number of carbonyl (C=O) groups is 1. The van der Waals surface area contributed by atoms with E-state index < -0.39 is 0 Å². The zero-order chi connectivity index (χ0) is 16.2. The summed E-state index contributed by atoms with van der Waals surface area (Å²) in [7, 11) is 1.90. The molecular weight excluding hydrogens is 308 g/mol. The highest BCUT2D eigenvalue weighted by atomic mass is 35.5. The molecule has 0 spiro atoms. The molecule has 4 heteroatoms. The van der Waals surface area contributed by atoms with Gasteiger partial charge < -0.3 is 4.90 Å². The molecule has 0 bridgehead atoms. The van der Waals surface area contributed by atoms with Gasteiger partial charge in [-0.3, -0.25) is 9.78 Å². The first-order valence-corrected chi connectivity index (χ1v) is 8.42. The van der Waals surface area contributed by atoms with Gasteiger partial charge in [0.2, 0.25) is 5.91 Å². The van der Waals surface area contributed by atoms with E-state index >= 15 is 0 Å². The van der Waals surface area contributed by atoms with Crippen LogP contribution in [0.15, 0.2) is 48.8 Å². The Morgan fingerprint density at radius 2 is 1.87 bits per heavy atom. The summed E-state index contributed by atoms with van der Waals surface area (Å²) in [6.45, 7) is 0.722. The summed E-state index contributed by atoms with van der Waals surface area (Å²) >= 11 is 5.97. The highest BCUT2D eigenvalue weighted by Crippen LogP contribution is 2.43. The van der Waals surface area contributed by atoms with Crippen LogP contribution >= 0.6 is 11.6 Å². The van der Waals surface area contributed by atoms with E-state index in [9.17, 15) is 4.79 Å². The molecule has 3 rings (SSSR count). The molecule has 0 saturated heterocycles. The number of nitrogens with zero attached hydrogens (tertiary/aromatic N) is 2. The normalized spacial score (nSPS) is 15.2. The van der Waals surface area contributed by atoms with Crippen LogP contribution in [0.1, 0.15) is 29.9 Å². The minimum atomic E-state index is -0.0327. The maximum Gasteiger partial charge on any atom is 0.230 e. The van der Waals surface area contributed by atoms with Gasteiger partial charge >= 0.3 is 0 Å². The Balaban J connectivity index is 1.67. The van der Waals surface area contributed by atoms with Crippen LogP contribution in [0.25, 0.3) is 0 Å². The third-order valence-corrected chi connectivity index (χ3v) is 4.70. The number of carbonyl (C=O) groups excluding carboxylic acids is 1. The Morgan fingerprint density at radius 1 is 1.22 bits per heavy atom. The summed E-state index contributed by atoms with van der Waals surface area (Å²) in [6, 6.07) is 11.7. The van der Waals surface area contributed by atoms with Crippen molar-refractivity contribution in [3.8, 4) is 0 Å². The molecule has 1 fully saturated rings. The quantitative estimate of drug-likeness (QED) is 0.805. The summed E-state index contributed by atoms with van der Waals surface area (Å²) in [5.74, 6) is 0.658. The van der Waals surface area contributed by atoms with E-state index in [-0.39, 0.29) is 11.8 Å². The summed E-state index contributed by atoms with van der Waals surface area (Å²) < 4.78 is 0. The highest BCUT2D eigenvalue weighted by molar-refractivity contribution is 6.30. The largest absolute Gasteiger partial charge is 0.345 e. The number of halogens is 1. The molecular formula is C19H21ClN2O. The molecule has 1 atom stereocenters. The summed E-state index contributed by atoms with van der Waals surface area (Å²) in [6.07, 6.45) is 6.70. The molecule has 1 amide bonds. The molecule has 1 saturated carbocycles. The first kappa shape index (κ1) is 16.0. The second-order valence-electron chi connectivity index (χ2n) is 6.23. The van der Waals surface area contributed by atoms with Crippen LogP contribution < -0.4 is 0 Å². The van der Waals surface area contributed by atoms with E-state index in [0.29, 0.717) is 10.9 Å². The first-order chi connectivity index (χ1) is 11.1. The van der Waals surface area contributed by atoms with E-state index in [1.807, 2.05) is 48.3 Å². The Kier molecular flexibility index (Phi) is 4.97. The summed E-state index contributed by atoms with van der Waals surface area (Å²) in [5.41, 5.74) is 2.28. The minimum Gasteiger partial charge on any atom is -0.345 e. The smallest absolute Gasteiger partial charge is 0.230 e. The Hall–Kier alpha value is -1.87. The molecule has 0 radical (unpaired) electrons. The molecule has 1 aliphatic carbocycles. The van der Waals surface area contributed by atoms with Crippen LogP contribution in [-0.2, 0) is 11.2 Å². The summed E-state index contributed by atoms with van der Waals surface area (Å²) in [5, 5.41) is 0.710. The van der Waals surface area contributed by atoms with Crippen LogP contribution in [-0.4, -0.2) is 29.4 Å². The van der Waals surface area contributed by atoms with Gasteiger partial charge in [0, 0.05) is 31.0 Å². The van der Waals surface area contributed by atoms with Crippen molar-refractivity contribution in [2.24, 2.45) is 5.92 Å². The van der Waals surface area contributed by atoms with Crippen molar-refractivity contribution in [2.45, 2.75) is 25.2 Å². The van der Waals surface area contributed by atoms with Crippen LogP contribution in [0.3, 0.4) is 0 Å². The monoisotopic (exact) mass is 328 g/mol. The van der Waals surface area contributed by atoms with E-state index in [4.69, 9.17) is 11.6 Å². The summed E-state index contributed by atoms with van der Waals surface area (Å²) in [4.78, 5) is 18.8. The molecule has 1 aromatic carbocycles. The number of benzene rings is 1. The van der Waals surface area contributed by atoms with Gasteiger partial charge in [0.25, 0.3) is 0 Å². The van der Waals surface area contributed by atoms with Crippen molar-refractivity contribution in [2.75, 3.05) is 13.6 Å². The van der Waals surface area contributed by atoms with Gasteiger partial charge in [0.05, 0.1) is 5.92 Å². The van der Waals surface area contributed by atoms with Gasteiger partial charge in [0.1, 0.15) is 0 Å². The lowest BCUT2D eigenvalue weighted by atomic mass is 9.92. The second-order valence-corrected chi connectivity index (χ2v) is 6.67. The van der Waals surface area contributed by atoms with E-state index in [0.717, 1.165) is 31.4 Å². The number of hydrogen-bond donors (Lipinski definition) is 0. The minimum absolute atomic E-state index is 0.0327. The van der Waals surface area contributed by atoms with Crippen molar-refractivity contribution in [3.05, 3.63) is 64.9 Å². The molecule has 1 aromatic heterocycles. The molecule has 23 heavy (non-hydrogen) atoms. The van der Waals surface area contributed by atoms with Crippen molar-refractivity contribution in [1.29, 1.82) is 0 Å². The number of hydrogen-bond acceptors (Lipinski definition) is 2. The molecule has 2 aromatic rings. The van der Waals surface area contributed by atoms with Crippen LogP contribution in [0.2, 0.25) is 5.02 Å². The van der Waals surface area contributed by atoms with Crippen LogP contribution in [0.4, 0.5) is 0 Å². The van der Waals surface area contributed by atoms with E-state index in [1.165, 1.54) is 5.56 Å². The molecule has 120 valence electrons. The SMILES string of the molecule is CN(CCc1ccncc1)C(=O)C(c1ccc(Cl)cc1)C1CC1. The van der Waals surface area contributed by atoms with Crippen molar-refractivity contribution in [3.63, 3.8) is 0 Å². The fourth-order valence-electron chi connectivity index (χ4n) is 2.91. The number of pyridine rings is 1. The van der Waals surface area contributed by atoms with Crippen molar-refractivity contribution < 1.29 is 4.79 Å². The fourth-order valence-corrected chi connectivity index (χ4v) is 3.04. The Morgan fingerprint density at radius 3 is 2.48 bits per heavy atom. The topological polar surface area (TPSA) is 33.2 Å². The van der Waals surface area contributed by atoms with E-state index in [2.05, 4.69) is 4.98 Å². The average Bonchev–Trinajstić information content (AvgIpc) is 3.40. The number of amides is 1. The second kappa shape index (κ2) is 7.14. The van der Waals surface area contributed by atoms with Gasteiger partial charge in [-0.15, -0.1) is 0 Å². The lowest BCUT2D eigenvalue weighted by Crippen LogP contribution is -2.34. The predicted octanol–water partition coefficient (Wildman–Crippen LogP) is 3.93. The number of likely N-dealkylation sites (N-methyl/N-ethyl adjacent to an activating group) is 1. The lowest BCUT2D eigenvalue weighted by Gasteiger charge is -2.24. The van der Waals surface area contributed by atoms with E-state index in [1.54, 1.807) is 12.4 Å². The molecule has 0 N–H and O–H groups in total. The van der Waals surface area contributed by atoms with Crippen LogP contribution in [0, 0.1) is 5.92 Å². The zero-order valence-electron chi connectivity index (χ0n) is 13.3. The van der Waals surface area contributed by atoms with Crippen molar-refractivity contribution >= 4 is 17.5 Å². The average molecular weight is 329 g/mol. The van der Waals surface area contributed by atoms with Gasteiger partial charge in [0.15, 0.2) is 0 Å². The van der Waals surface area contributed by atoms with Crippen molar-refractivity contribution in [1.82, 2.24) is 9.88 Å². The standard InChI is InChI=1S/C19H21ClN2O/c1-22(13-10-14-8-11-21-12-9-14)19(23)18(15-2-3-15)16-4-6-17(20)7-5-16/h4-9,11-12,15,18H,2-3,10,13H2,1H3. The fraction of sp³-hybridized carbons (Fsp3) is 0.368. The Labute approximate surface area is 142 Å². The molecule has 1 aliphatic rings. The van der Waals surface area contributed by atoms with Gasteiger partial charge in [-0.25, -0.2) is 0 Å². The van der Waals surface area contributed by atoms with Gasteiger partial charge in [-0.05, 0) is 60.6 Å². The third-order valence-electron chi connectivity index (χ3n) is 4.45. The molecule has 1 unspecified atom stereocenters. The van der Waals surface area contributed by atoms with Gasteiger partial charge in [-0.2, -0.15) is 0 Å². The highest BCUT2D eigenvalue weighted by Gasteiger charge is 2.38. The molecule has 0 aliphatic heterocycles. The van der Waals surface area contributed by atoms with Crippen LogP contribution in [0.5, 0.6) is 0 Å². The zero-order valence-corrected chi connectivity index (χ0v) is 14.0.